The molecule has 0 amide bonds. The number of aromatic amines is 1. The Morgan fingerprint density at radius 1 is 0.750 bits per heavy atom. The number of aromatic nitrogens is 3. The molecule has 48 heavy (non-hydrogen) atoms. The summed E-state index contributed by atoms with van der Waals surface area (Å²) < 4.78 is 2.52. The van der Waals surface area contributed by atoms with Crippen molar-refractivity contribution in [2.75, 3.05) is 5.32 Å². The molecule has 0 radical (unpaired) electrons. The van der Waals surface area contributed by atoms with Gasteiger partial charge < -0.3 is 15.5 Å². The first kappa shape index (κ1) is 37.8. The molecule has 2 aromatic heterocycles. The number of rotatable bonds is 20. The molecule has 0 aliphatic rings. The summed E-state index contributed by atoms with van der Waals surface area (Å²) in [6, 6.07) is 10.8. The summed E-state index contributed by atoms with van der Waals surface area (Å²) >= 11 is 25.1. The molecule has 0 bridgehead atoms. The number of unbranched alkanes of at least 4 members (excludes halogenated alkanes) is 14. The Morgan fingerprint density at radius 3 is 1.94 bits per heavy atom. The third-order valence-corrected chi connectivity index (χ3v) is 9.53. The van der Waals surface area contributed by atoms with Gasteiger partial charge in [0.25, 0.3) is 5.56 Å². The largest absolute Gasteiger partial charge is 0.494 e. The van der Waals surface area contributed by atoms with Crippen LogP contribution in [0.5, 0.6) is 11.8 Å². The molecular weight excluding hydrogens is 690 g/mol. The predicted molar refractivity (Wildman–Crippen MR) is 203 cm³/mol. The van der Waals surface area contributed by atoms with Crippen molar-refractivity contribution in [3.63, 3.8) is 0 Å². The number of H-pyrrole nitrogens is 1. The Morgan fingerprint density at radius 2 is 1.33 bits per heavy atom. The molecule has 0 saturated heterocycles. The average Bonchev–Trinajstić information content (AvgIpc) is 3.54. The summed E-state index contributed by atoms with van der Waals surface area (Å²) in [6.07, 6.45) is 23.3. The van der Waals surface area contributed by atoms with Gasteiger partial charge in [-0.1, -0.05) is 149 Å². The van der Waals surface area contributed by atoms with Crippen LogP contribution in [0.3, 0.4) is 0 Å². The van der Waals surface area contributed by atoms with Gasteiger partial charge in [0, 0.05) is 22.7 Å². The second-order valence-electron chi connectivity index (χ2n) is 12.3. The first-order valence-corrected chi connectivity index (χ1v) is 18.5. The van der Waals surface area contributed by atoms with Gasteiger partial charge in [-0.2, -0.15) is 0 Å². The maximum atomic E-state index is 12.8. The van der Waals surface area contributed by atoms with Gasteiger partial charge in [0.05, 0.1) is 26.4 Å². The SMILES string of the molecule is CCCCCCCCCCCCCCCCC=Cc1cc(O)n(-c2ccc(Cl)c(Nc3cc(=O)n(-c4c(Cl)cc(Cl)cc4Cl)[nH]3)c2)c1O. The van der Waals surface area contributed by atoms with Crippen molar-refractivity contribution in [2.24, 2.45) is 0 Å². The fourth-order valence-corrected chi connectivity index (χ4v) is 6.97. The number of nitrogens with one attached hydrogen (secondary N) is 2. The van der Waals surface area contributed by atoms with E-state index in [0.29, 0.717) is 32.8 Å². The number of benzene rings is 2. The van der Waals surface area contributed by atoms with Crippen LogP contribution < -0.4 is 10.9 Å². The van der Waals surface area contributed by atoms with Crippen molar-refractivity contribution in [3.05, 3.63) is 84.5 Å². The Bertz CT molecular complexity index is 1690. The van der Waals surface area contributed by atoms with Crippen LogP contribution in [0.4, 0.5) is 11.5 Å². The van der Waals surface area contributed by atoms with E-state index in [0.717, 1.165) is 12.8 Å². The molecule has 2 heterocycles. The van der Waals surface area contributed by atoms with E-state index in [1.165, 1.54) is 117 Å². The van der Waals surface area contributed by atoms with Gasteiger partial charge in [0.2, 0.25) is 5.88 Å². The molecule has 260 valence electrons. The normalized spacial score (nSPS) is 11.6. The Labute approximate surface area is 303 Å². The summed E-state index contributed by atoms with van der Waals surface area (Å²) in [5.74, 6) is 0.0993. The highest BCUT2D eigenvalue weighted by atomic mass is 35.5. The first-order chi connectivity index (χ1) is 23.2. The van der Waals surface area contributed by atoms with E-state index in [1.54, 1.807) is 18.2 Å². The topological polar surface area (TPSA) is 95.2 Å². The van der Waals surface area contributed by atoms with Gasteiger partial charge in [-0.05, 0) is 43.2 Å². The minimum Gasteiger partial charge on any atom is -0.494 e. The monoisotopic (exact) mass is 734 g/mol. The maximum absolute atomic E-state index is 12.8. The number of hydrogen-bond acceptors (Lipinski definition) is 4. The van der Waals surface area contributed by atoms with Gasteiger partial charge in [-0.3, -0.25) is 14.5 Å². The molecule has 0 fully saturated rings. The summed E-state index contributed by atoms with van der Waals surface area (Å²) in [5, 5.41) is 28.8. The van der Waals surface area contributed by atoms with E-state index in [2.05, 4.69) is 17.3 Å². The highest BCUT2D eigenvalue weighted by molar-refractivity contribution is 6.40. The molecule has 0 saturated carbocycles. The number of allylic oxidation sites excluding steroid dienone is 1. The van der Waals surface area contributed by atoms with Gasteiger partial charge in [0.1, 0.15) is 11.5 Å². The van der Waals surface area contributed by atoms with Crippen molar-refractivity contribution in [3.8, 4) is 23.1 Å². The molecule has 0 unspecified atom stereocenters. The second kappa shape index (κ2) is 19.3. The molecule has 4 rings (SSSR count). The maximum Gasteiger partial charge on any atom is 0.273 e. The molecule has 0 aliphatic heterocycles. The lowest BCUT2D eigenvalue weighted by Crippen LogP contribution is -2.14. The molecule has 0 spiro atoms. The van der Waals surface area contributed by atoms with Gasteiger partial charge in [-0.25, -0.2) is 4.68 Å². The number of aromatic hydroxyl groups is 2. The van der Waals surface area contributed by atoms with Gasteiger partial charge in [-0.15, -0.1) is 0 Å². The van der Waals surface area contributed by atoms with Crippen molar-refractivity contribution >= 4 is 64.0 Å². The molecule has 7 nitrogen and oxygen atoms in total. The quantitative estimate of drug-likeness (QED) is 0.0680. The molecular formula is C37H46Cl4N4O3. The van der Waals surface area contributed by atoms with Crippen LogP contribution in [0.25, 0.3) is 17.5 Å². The third-order valence-electron chi connectivity index (χ3n) is 8.41. The summed E-state index contributed by atoms with van der Waals surface area (Å²) in [4.78, 5) is 12.8. The lowest BCUT2D eigenvalue weighted by Gasteiger charge is -2.12. The van der Waals surface area contributed by atoms with Crippen LogP contribution in [0.15, 0.2) is 53.3 Å². The average molecular weight is 737 g/mol. The number of hydrogen-bond donors (Lipinski definition) is 4. The van der Waals surface area contributed by atoms with E-state index < -0.39 is 5.56 Å². The lowest BCUT2D eigenvalue weighted by molar-refractivity contribution is 0.402. The van der Waals surface area contributed by atoms with Gasteiger partial charge >= 0.3 is 0 Å². The van der Waals surface area contributed by atoms with E-state index >= 15 is 0 Å². The fourth-order valence-electron chi connectivity index (χ4n) is 5.82. The smallest absolute Gasteiger partial charge is 0.273 e. The Kier molecular flexibility index (Phi) is 15.2. The van der Waals surface area contributed by atoms with Gasteiger partial charge in [0.15, 0.2) is 5.88 Å². The second-order valence-corrected chi connectivity index (χ2v) is 13.9. The van der Waals surface area contributed by atoms with E-state index in [-0.39, 0.29) is 27.5 Å². The zero-order valence-corrected chi connectivity index (χ0v) is 30.5. The van der Waals surface area contributed by atoms with Crippen LogP contribution in [-0.4, -0.2) is 24.6 Å². The zero-order chi connectivity index (χ0) is 34.5. The number of halogens is 4. The van der Waals surface area contributed by atoms with E-state index in [9.17, 15) is 15.0 Å². The van der Waals surface area contributed by atoms with Crippen LogP contribution in [-0.2, 0) is 0 Å². The molecule has 0 atom stereocenters. The molecule has 4 N–H and O–H groups in total. The van der Waals surface area contributed by atoms with Crippen LogP contribution in [0, 0.1) is 0 Å². The Hall–Kier alpha value is -2.97. The highest BCUT2D eigenvalue weighted by Gasteiger charge is 2.17. The molecule has 2 aromatic carbocycles. The highest BCUT2D eigenvalue weighted by Crippen LogP contribution is 2.36. The first-order valence-electron chi connectivity index (χ1n) is 17.0. The molecule has 4 aromatic rings. The van der Waals surface area contributed by atoms with E-state index in [4.69, 9.17) is 46.4 Å². The minimum atomic E-state index is -0.415. The van der Waals surface area contributed by atoms with Crippen LogP contribution in [0.2, 0.25) is 20.1 Å². The number of nitrogens with zero attached hydrogens (tertiary/aromatic N) is 2. The third kappa shape index (κ3) is 10.8. The van der Waals surface area contributed by atoms with Crippen molar-refractivity contribution in [1.29, 1.82) is 0 Å². The summed E-state index contributed by atoms with van der Waals surface area (Å²) in [5.41, 5.74) is 1.25. The van der Waals surface area contributed by atoms with E-state index in [1.807, 2.05) is 12.2 Å². The standard InChI is InChI=1S/C37H46Cl4N4O3/c1-2-3-4-5-6-7-8-9-10-11-12-13-14-15-16-17-18-26-21-34(46)44(37(26)48)28-19-20-29(39)32(24-28)42-33-25-35(47)45(43-33)36-30(40)22-27(38)23-31(36)41/h17-25,42-43,46,48H,2-16H2,1H3. The van der Waals surface area contributed by atoms with Crippen molar-refractivity contribution in [2.45, 2.75) is 103 Å². The Balaban J connectivity index is 1.27. The predicted octanol–water partition coefficient (Wildman–Crippen LogP) is 12.6. The van der Waals surface area contributed by atoms with Crippen molar-refractivity contribution < 1.29 is 10.2 Å². The minimum absolute atomic E-state index is 0.0930. The van der Waals surface area contributed by atoms with Crippen molar-refractivity contribution in [1.82, 2.24) is 14.3 Å². The molecule has 11 heteroatoms. The van der Waals surface area contributed by atoms with Crippen LogP contribution in [0.1, 0.15) is 109 Å². The number of anilines is 2. The fraction of sp³-hybridized carbons (Fsp3) is 0.432. The summed E-state index contributed by atoms with van der Waals surface area (Å²) in [7, 11) is 0. The molecule has 0 aliphatic carbocycles. The summed E-state index contributed by atoms with van der Waals surface area (Å²) in [6.45, 7) is 2.26. The zero-order valence-electron chi connectivity index (χ0n) is 27.5. The lowest BCUT2D eigenvalue weighted by atomic mass is 10.0. The van der Waals surface area contributed by atoms with Crippen LogP contribution >= 0.6 is 46.4 Å².